The van der Waals surface area contributed by atoms with Crippen LogP contribution >= 0.6 is 0 Å². The molecule has 1 aliphatic rings. The highest BCUT2D eigenvalue weighted by Gasteiger charge is 2.39. The van der Waals surface area contributed by atoms with Gasteiger partial charge in [0.15, 0.2) is 0 Å². The molecule has 0 aliphatic heterocycles. The third-order valence-electron chi connectivity index (χ3n) is 3.62. The lowest BCUT2D eigenvalue weighted by molar-refractivity contribution is 0.326. The predicted molar refractivity (Wildman–Crippen MR) is 62.9 cm³/mol. The fourth-order valence-electron chi connectivity index (χ4n) is 2.51. The van der Waals surface area contributed by atoms with Crippen molar-refractivity contribution in [3.8, 4) is 6.07 Å². The van der Waals surface area contributed by atoms with Crippen LogP contribution in [-0.2, 0) is 5.41 Å². The van der Waals surface area contributed by atoms with Gasteiger partial charge in [-0.05, 0) is 36.3 Å². The largest absolute Gasteiger partial charge is 0.264 e. The molecule has 3 rings (SSSR count). The summed E-state index contributed by atoms with van der Waals surface area (Å²) in [6.45, 7) is 0. The molecule has 78 valence electrons. The SMILES string of the molecule is N#CC1(c2cccc3cnccc23)CCC1. The zero-order valence-corrected chi connectivity index (χ0v) is 8.98. The van der Waals surface area contributed by atoms with E-state index in [-0.39, 0.29) is 5.41 Å². The molecule has 0 radical (unpaired) electrons. The summed E-state index contributed by atoms with van der Waals surface area (Å²) in [5.74, 6) is 0. The van der Waals surface area contributed by atoms with E-state index in [2.05, 4.69) is 23.2 Å². The molecule has 2 heteroatoms. The molecule has 0 N–H and O–H groups in total. The van der Waals surface area contributed by atoms with Crippen LogP contribution < -0.4 is 0 Å². The first-order chi connectivity index (χ1) is 7.86. The summed E-state index contributed by atoms with van der Waals surface area (Å²) in [7, 11) is 0. The van der Waals surface area contributed by atoms with E-state index in [1.54, 1.807) is 6.20 Å². The highest BCUT2D eigenvalue weighted by molar-refractivity contribution is 5.86. The molecule has 2 aromatic rings. The zero-order chi connectivity index (χ0) is 11.0. The summed E-state index contributed by atoms with van der Waals surface area (Å²) in [5, 5.41) is 11.7. The number of fused-ring (bicyclic) bond motifs is 1. The van der Waals surface area contributed by atoms with Gasteiger partial charge in [-0.1, -0.05) is 18.2 Å². The third-order valence-corrected chi connectivity index (χ3v) is 3.62. The average Bonchev–Trinajstić information content (AvgIpc) is 2.29. The van der Waals surface area contributed by atoms with E-state index in [1.807, 2.05) is 18.3 Å². The van der Waals surface area contributed by atoms with E-state index in [4.69, 9.17) is 0 Å². The maximum Gasteiger partial charge on any atom is 0.0828 e. The fourth-order valence-corrected chi connectivity index (χ4v) is 2.51. The van der Waals surface area contributed by atoms with Crippen molar-refractivity contribution in [3.05, 3.63) is 42.2 Å². The number of rotatable bonds is 1. The molecule has 2 nitrogen and oxygen atoms in total. The number of hydrogen-bond acceptors (Lipinski definition) is 2. The van der Waals surface area contributed by atoms with E-state index in [1.165, 1.54) is 10.9 Å². The van der Waals surface area contributed by atoms with Gasteiger partial charge in [0, 0.05) is 17.8 Å². The summed E-state index contributed by atoms with van der Waals surface area (Å²) in [6, 6.07) is 10.7. The van der Waals surface area contributed by atoms with Gasteiger partial charge in [-0.2, -0.15) is 5.26 Å². The molecule has 0 atom stereocenters. The van der Waals surface area contributed by atoms with E-state index < -0.39 is 0 Å². The second-order valence-electron chi connectivity index (χ2n) is 4.45. The van der Waals surface area contributed by atoms with Gasteiger partial charge in [0.2, 0.25) is 0 Å². The lowest BCUT2D eigenvalue weighted by Gasteiger charge is -2.36. The van der Waals surface area contributed by atoms with Crippen LogP contribution in [0.15, 0.2) is 36.7 Å². The normalized spacial score (nSPS) is 17.7. The molecule has 1 aliphatic carbocycles. The van der Waals surface area contributed by atoms with Crippen molar-refractivity contribution in [1.29, 1.82) is 5.26 Å². The van der Waals surface area contributed by atoms with Gasteiger partial charge in [0.05, 0.1) is 11.5 Å². The van der Waals surface area contributed by atoms with Crippen LogP contribution in [0.4, 0.5) is 0 Å². The monoisotopic (exact) mass is 208 g/mol. The number of hydrogen-bond donors (Lipinski definition) is 0. The lowest BCUT2D eigenvalue weighted by atomic mass is 9.64. The van der Waals surface area contributed by atoms with Crippen LogP contribution in [0, 0.1) is 11.3 Å². The number of nitrogens with zero attached hydrogens (tertiary/aromatic N) is 2. The molecule has 0 amide bonds. The van der Waals surface area contributed by atoms with Gasteiger partial charge in [-0.3, -0.25) is 4.98 Å². The summed E-state index contributed by atoms with van der Waals surface area (Å²) in [5.41, 5.74) is 0.946. The number of nitriles is 1. The molecule has 1 aromatic heterocycles. The first-order valence-electron chi connectivity index (χ1n) is 5.60. The minimum absolute atomic E-state index is 0.235. The van der Waals surface area contributed by atoms with Crippen molar-refractivity contribution in [1.82, 2.24) is 4.98 Å². The molecule has 0 unspecified atom stereocenters. The van der Waals surface area contributed by atoms with Crippen LogP contribution in [0.3, 0.4) is 0 Å². The van der Waals surface area contributed by atoms with Crippen LogP contribution in [-0.4, -0.2) is 4.98 Å². The average molecular weight is 208 g/mol. The van der Waals surface area contributed by atoms with Gasteiger partial charge < -0.3 is 0 Å². The Morgan fingerprint density at radius 1 is 1.25 bits per heavy atom. The highest BCUT2D eigenvalue weighted by Crippen LogP contribution is 2.45. The molecule has 0 bridgehead atoms. The minimum Gasteiger partial charge on any atom is -0.264 e. The molecular weight excluding hydrogens is 196 g/mol. The van der Waals surface area contributed by atoms with Crippen LogP contribution in [0.5, 0.6) is 0 Å². The Labute approximate surface area is 94.5 Å². The summed E-state index contributed by atoms with van der Waals surface area (Å²) >= 11 is 0. The summed E-state index contributed by atoms with van der Waals surface area (Å²) < 4.78 is 0. The van der Waals surface area contributed by atoms with Crippen molar-refractivity contribution in [2.75, 3.05) is 0 Å². The van der Waals surface area contributed by atoms with E-state index in [0.29, 0.717) is 0 Å². The number of pyridine rings is 1. The maximum absolute atomic E-state index is 9.38. The number of aromatic nitrogens is 1. The van der Waals surface area contributed by atoms with Gasteiger partial charge in [-0.25, -0.2) is 0 Å². The molecule has 1 aromatic carbocycles. The van der Waals surface area contributed by atoms with Gasteiger partial charge in [-0.15, -0.1) is 0 Å². The molecular formula is C14H12N2. The van der Waals surface area contributed by atoms with Gasteiger partial charge in [0.25, 0.3) is 0 Å². The lowest BCUT2D eigenvalue weighted by Crippen LogP contribution is -2.32. The van der Waals surface area contributed by atoms with Crippen molar-refractivity contribution in [2.24, 2.45) is 0 Å². The quantitative estimate of drug-likeness (QED) is 0.721. The molecule has 1 saturated carbocycles. The second kappa shape index (κ2) is 3.31. The Bertz CT molecular complexity index is 571. The fraction of sp³-hybridized carbons (Fsp3) is 0.286. The van der Waals surface area contributed by atoms with Gasteiger partial charge in [0.1, 0.15) is 0 Å². The first-order valence-corrected chi connectivity index (χ1v) is 5.60. The molecule has 0 spiro atoms. The van der Waals surface area contributed by atoms with Crippen LogP contribution in [0.1, 0.15) is 24.8 Å². The standard InChI is InChI=1S/C14H12N2/c15-10-14(6-2-7-14)13-4-1-3-11-9-16-8-5-12(11)13/h1,3-5,8-9H,2,6-7H2. The third kappa shape index (κ3) is 1.15. The van der Waals surface area contributed by atoms with Crippen molar-refractivity contribution < 1.29 is 0 Å². The molecule has 0 saturated heterocycles. The van der Waals surface area contributed by atoms with Crippen molar-refractivity contribution >= 4 is 10.8 Å². The predicted octanol–water partition coefficient (Wildman–Crippen LogP) is 3.18. The Balaban J connectivity index is 2.28. The summed E-state index contributed by atoms with van der Waals surface area (Å²) in [4.78, 5) is 4.12. The van der Waals surface area contributed by atoms with E-state index in [0.717, 1.165) is 24.6 Å². The van der Waals surface area contributed by atoms with Gasteiger partial charge >= 0.3 is 0 Å². The van der Waals surface area contributed by atoms with Crippen molar-refractivity contribution in [2.45, 2.75) is 24.7 Å². The Morgan fingerprint density at radius 3 is 2.81 bits per heavy atom. The van der Waals surface area contributed by atoms with Crippen LogP contribution in [0.2, 0.25) is 0 Å². The Morgan fingerprint density at radius 2 is 2.12 bits per heavy atom. The molecule has 16 heavy (non-hydrogen) atoms. The highest BCUT2D eigenvalue weighted by atomic mass is 14.6. The zero-order valence-electron chi connectivity index (χ0n) is 8.98. The Hall–Kier alpha value is -1.88. The maximum atomic E-state index is 9.38. The summed E-state index contributed by atoms with van der Waals surface area (Å²) in [6.07, 6.45) is 6.81. The minimum atomic E-state index is -0.235. The smallest absolute Gasteiger partial charge is 0.0828 e. The first kappa shape index (κ1) is 9.35. The van der Waals surface area contributed by atoms with Crippen LogP contribution in [0.25, 0.3) is 10.8 Å². The van der Waals surface area contributed by atoms with E-state index in [9.17, 15) is 5.26 Å². The number of benzene rings is 1. The van der Waals surface area contributed by atoms with Crippen molar-refractivity contribution in [3.63, 3.8) is 0 Å². The topological polar surface area (TPSA) is 36.7 Å². The van der Waals surface area contributed by atoms with E-state index >= 15 is 0 Å². The molecule has 1 fully saturated rings. The second-order valence-corrected chi connectivity index (χ2v) is 4.45. The molecule has 1 heterocycles. The Kier molecular flexibility index (Phi) is 1.94.